The van der Waals surface area contributed by atoms with E-state index < -0.39 is 11.4 Å². The second-order valence-corrected chi connectivity index (χ2v) is 5.82. The van der Waals surface area contributed by atoms with E-state index in [1.807, 2.05) is 91.0 Å². The van der Waals surface area contributed by atoms with Crippen molar-refractivity contribution >= 4 is 5.97 Å². The molecule has 0 saturated heterocycles. The van der Waals surface area contributed by atoms with Crippen molar-refractivity contribution in [3.8, 4) is 0 Å². The Morgan fingerprint density at radius 1 is 0.720 bits per heavy atom. The Morgan fingerprint density at radius 2 is 1.04 bits per heavy atom. The van der Waals surface area contributed by atoms with Crippen LogP contribution in [0.5, 0.6) is 0 Å². The number of carbonyl (C=O) groups excluding carboxylic acids is 1. The number of methoxy groups -OCH3 is 1. The smallest absolute Gasteiger partial charge is 0.334 e. The van der Waals surface area contributed by atoms with Crippen LogP contribution in [-0.2, 0) is 14.9 Å². The second-order valence-electron chi connectivity index (χ2n) is 5.82. The summed E-state index contributed by atoms with van der Waals surface area (Å²) in [5.74, 6) is -0.420. The summed E-state index contributed by atoms with van der Waals surface area (Å²) in [5, 5.41) is 0. The largest absolute Gasteiger partial charge is 0.466 e. The molecule has 0 bridgehead atoms. The Kier molecular flexibility index (Phi) is 4.80. The molecule has 124 valence electrons. The number of esters is 1. The van der Waals surface area contributed by atoms with Gasteiger partial charge < -0.3 is 4.74 Å². The van der Waals surface area contributed by atoms with Crippen molar-refractivity contribution in [2.24, 2.45) is 0 Å². The van der Waals surface area contributed by atoms with Crippen LogP contribution in [0.4, 0.5) is 0 Å². The molecule has 2 nitrogen and oxygen atoms in total. The predicted octanol–water partition coefficient (Wildman–Crippen LogP) is 4.75. The fourth-order valence-electron chi connectivity index (χ4n) is 3.36. The SMILES string of the molecule is C=C(C(=O)OC)C(c1ccccc1)(c1ccccc1)c1ccccc1. The standard InChI is InChI=1S/C23H20O2/c1-18(22(24)25-2)23(19-12-6-3-7-13-19,20-14-8-4-9-15-20)21-16-10-5-11-17-21/h3-17H,1H2,2H3. The van der Waals surface area contributed by atoms with Crippen LogP contribution in [0.25, 0.3) is 0 Å². The van der Waals surface area contributed by atoms with Crippen LogP contribution in [0.3, 0.4) is 0 Å². The van der Waals surface area contributed by atoms with Crippen molar-refractivity contribution in [1.82, 2.24) is 0 Å². The molecule has 0 saturated carbocycles. The molecular weight excluding hydrogens is 308 g/mol. The quantitative estimate of drug-likeness (QED) is 0.384. The molecule has 0 aliphatic carbocycles. The van der Waals surface area contributed by atoms with E-state index in [0.717, 1.165) is 16.7 Å². The Labute approximate surface area is 148 Å². The van der Waals surface area contributed by atoms with Gasteiger partial charge in [0.25, 0.3) is 0 Å². The number of ether oxygens (including phenoxy) is 1. The molecule has 3 rings (SSSR count). The highest BCUT2D eigenvalue weighted by Gasteiger charge is 2.42. The van der Waals surface area contributed by atoms with Crippen LogP contribution in [0, 0.1) is 0 Å². The van der Waals surface area contributed by atoms with Gasteiger partial charge >= 0.3 is 5.97 Å². The monoisotopic (exact) mass is 328 g/mol. The Balaban J connectivity index is 2.40. The summed E-state index contributed by atoms with van der Waals surface area (Å²) in [6.45, 7) is 4.15. The van der Waals surface area contributed by atoms with Crippen LogP contribution in [-0.4, -0.2) is 13.1 Å². The average molecular weight is 328 g/mol. The first-order valence-corrected chi connectivity index (χ1v) is 8.15. The minimum atomic E-state index is -0.809. The third-order valence-electron chi connectivity index (χ3n) is 4.50. The number of hydrogen-bond acceptors (Lipinski definition) is 2. The van der Waals surface area contributed by atoms with E-state index in [0.29, 0.717) is 5.57 Å². The predicted molar refractivity (Wildman–Crippen MR) is 100 cm³/mol. The zero-order valence-corrected chi connectivity index (χ0v) is 14.2. The number of rotatable bonds is 5. The number of carbonyl (C=O) groups is 1. The first-order chi connectivity index (χ1) is 12.2. The molecule has 0 radical (unpaired) electrons. The molecule has 0 unspecified atom stereocenters. The maximum Gasteiger partial charge on any atom is 0.334 e. The summed E-state index contributed by atoms with van der Waals surface area (Å²) < 4.78 is 5.04. The Hall–Kier alpha value is -3.13. The molecule has 3 aromatic carbocycles. The maximum atomic E-state index is 12.6. The molecule has 25 heavy (non-hydrogen) atoms. The normalized spacial score (nSPS) is 10.9. The molecule has 2 heteroatoms. The summed E-state index contributed by atoms with van der Waals surface area (Å²) in [4.78, 5) is 12.6. The number of benzene rings is 3. The highest BCUT2D eigenvalue weighted by Crippen LogP contribution is 2.44. The summed E-state index contributed by atoms with van der Waals surface area (Å²) >= 11 is 0. The molecule has 0 heterocycles. The summed E-state index contributed by atoms with van der Waals surface area (Å²) in [6.07, 6.45) is 0. The third-order valence-corrected chi connectivity index (χ3v) is 4.50. The van der Waals surface area contributed by atoms with Crippen molar-refractivity contribution in [3.05, 3.63) is 120 Å². The van der Waals surface area contributed by atoms with E-state index in [4.69, 9.17) is 4.74 Å². The Morgan fingerprint density at radius 3 is 1.32 bits per heavy atom. The lowest BCUT2D eigenvalue weighted by Crippen LogP contribution is -2.35. The first-order valence-electron chi connectivity index (χ1n) is 8.15. The van der Waals surface area contributed by atoms with E-state index >= 15 is 0 Å². The van der Waals surface area contributed by atoms with E-state index in [1.54, 1.807) is 0 Å². The van der Waals surface area contributed by atoms with Crippen LogP contribution in [0.1, 0.15) is 16.7 Å². The minimum absolute atomic E-state index is 0.388. The van der Waals surface area contributed by atoms with Gasteiger partial charge in [0.1, 0.15) is 0 Å². The first kappa shape index (κ1) is 16.7. The molecule has 0 spiro atoms. The number of hydrogen-bond donors (Lipinski definition) is 0. The van der Waals surface area contributed by atoms with E-state index in [9.17, 15) is 4.79 Å². The van der Waals surface area contributed by atoms with Crippen molar-refractivity contribution in [2.75, 3.05) is 7.11 Å². The summed E-state index contributed by atoms with van der Waals surface area (Å²) in [7, 11) is 1.39. The molecule has 0 atom stereocenters. The van der Waals surface area contributed by atoms with Gasteiger partial charge in [-0.3, -0.25) is 0 Å². The van der Waals surface area contributed by atoms with Crippen molar-refractivity contribution in [1.29, 1.82) is 0 Å². The highest BCUT2D eigenvalue weighted by atomic mass is 16.5. The average Bonchev–Trinajstić information content (AvgIpc) is 2.70. The van der Waals surface area contributed by atoms with Crippen molar-refractivity contribution in [3.63, 3.8) is 0 Å². The minimum Gasteiger partial charge on any atom is -0.466 e. The summed E-state index contributed by atoms with van der Waals surface area (Å²) in [6, 6.07) is 29.9. The zero-order valence-electron chi connectivity index (χ0n) is 14.2. The van der Waals surface area contributed by atoms with Crippen LogP contribution < -0.4 is 0 Å². The highest BCUT2D eigenvalue weighted by molar-refractivity contribution is 5.93. The fraction of sp³-hybridized carbons (Fsp3) is 0.0870. The zero-order chi connectivity index (χ0) is 17.7. The van der Waals surface area contributed by atoms with Gasteiger partial charge in [0.2, 0.25) is 0 Å². The topological polar surface area (TPSA) is 26.3 Å². The molecule has 0 aliphatic rings. The van der Waals surface area contributed by atoms with Gasteiger partial charge in [-0.05, 0) is 16.7 Å². The van der Waals surface area contributed by atoms with E-state index in [2.05, 4.69) is 6.58 Å². The van der Waals surface area contributed by atoms with Gasteiger partial charge in [-0.1, -0.05) is 97.6 Å². The third kappa shape index (κ3) is 2.87. The van der Waals surface area contributed by atoms with E-state index in [-0.39, 0.29) is 0 Å². The lowest BCUT2D eigenvalue weighted by molar-refractivity contribution is -0.136. The molecular formula is C23H20O2. The molecule has 0 amide bonds. The Bertz CT molecular complexity index is 756. The van der Waals surface area contributed by atoms with Gasteiger partial charge in [-0.2, -0.15) is 0 Å². The van der Waals surface area contributed by atoms with Crippen molar-refractivity contribution in [2.45, 2.75) is 5.41 Å². The summed E-state index contributed by atoms with van der Waals surface area (Å²) in [5.41, 5.74) is 2.50. The molecule has 0 aliphatic heterocycles. The van der Waals surface area contributed by atoms with Gasteiger partial charge in [-0.15, -0.1) is 0 Å². The van der Waals surface area contributed by atoms with Gasteiger partial charge in [0, 0.05) is 5.57 Å². The van der Waals surface area contributed by atoms with Gasteiger partial charge in [0.15, 0.2) is 0 Å². The van der Waals surface area contributed by atoms with Crippen LogP contribution in [0.2, 0.25) is 0 Å². The van der Waals surface area contributed by atoms with Gasteiger partial charge in [0.05, 0.1) is 12.5 Å². The molecule has 3 aromatic rings. The molecule has 0 fully saturated rings. The maximum absolute atomic E-state index is 12.6. The lowest BCUT2D eigenvalue weighted by atomic mass is 9.65. The van der Waals surface area contributed by atoms with Crippen molar-refractivity contribution < 1.29 is 9.53 Å². The van der Waals surface area contributed by atoms with Crippen LogP contribution in [0.15, 0.2) is 103 Å². The lowest BCUT2D eigenvalue weighted by Gasteiger charge is -2.36. The fourth-order valence-corrected chi connectivity index (χ4v) is 3.36. The van der Waals surface area contributed by atoms with Crippen LogP contribution >= 0.6 is 0 Å². The second kappa shape index (κ2) is 7.18. The van der Waals surface area contributed by atoms with E-state index in [1.165, 1.54) is 7.11 Å². The molecule has 0 N–H and O–H groups in total. The molecule has 0 aromatic heterocycles. The van der Waals surface area contributed by atoms with Gasteiger partial charge in [-0.25, -0.2) is 4.79 Å².